The van der Waals surface area contributed by atoms with Crippen LogP contribution in [0.25, 0.3) is 10.6 Å². The third-order valence-electron chi connectivity index (χ3n) is 3.09. The van der Waals surface area contributed by atoms with E-state index < -0.39 is 0 Å². The molecule has 0 saturated heterocycles. The Morgan fingerprint density at radius 2 is 2.19 bits per heavy atom. The van der Waals surface area contributed by atoms with Gasteiger partial charge in [0.25, 0.3) is 5.56 Å². The van der Waals surface area contributed by atoms with E-state index in [0.717, 1.165) is 23.8 Å². The summed E-state index contributed by atoms with van der Waals surface area (Å²) >= 11 is 1.40. The average Bonchev–Trinajstić information content (AvgIpc) is 2.93. The number of rotatable bonds is 7. The molecule has 2 aromatic heterocycles. The van der Waals surface area contributed by atoms with Gasteiger partial charge < -0.3 is 14.6 Å². The largest absolute Gasteiger partial charge is 0.383 e. The highest BCUT2D eigenvalue weighted by Crippen LogP contribution is 2.24. The quantitative estimate of drug-likeness (QED) is 0.848. The minimum Gasteiger partial charge on any atom is -0.383 e. The molecule has 0 atom stereocenters. The van der Waals surface area contributed by atoms with Gasteiger partial charge in [0.05, 0.1) is 12.2 Å². The van der Waals surface area contributed by atoms with Crippen molar-refractivity contribution in [2.24, 2.45) is 0 Å². The maximum Gasteiger partial charge on any atom is 0.261 e. The fourth-order valence-corrected chi connectivity index (χ4v) is 2.72. The van der Waals surface area contributed by atoms with Crippen LogP contribution in [0.1, 0.15) is 19.0 Å². The Kier molecular flexibility index (Phi) is 5.46. The topological polar surface area (TPSA) is 69.0 Å². The molecular formula is C14H20N4O2S. The number of ether oxygens (including phenoxy) is 1. The summed E-state index contributed by atoms with van der Waals surface area (Å²) in [5, 5.41) is 12.8. The van der Waals surface area contributed by atoms with Crippen LogP contribution in [-0.4, -0.2) is 35.0 Å². The van der Waals surface area contributed by atoms with Crippen LogP contribution in [0.5, 0.6) is 0 Å². The van der Waals surface area contributed by atoms with E-state index in [9.17, 15) is 4.79 Å². The van der Waals surface area contributed by atoms with E-state index in [1.165, 1.54) is 11.3 Å². The number of hydrogen-bond acceptors (Lipinski definition) is 6. The molecule has 0 aromatic carbocycles. The first-order chi connectivity index (χ1) is 10.2. The second-order valence-corrected chi connectivity index (χ2v) is 5.65. The average molecular weight is 308 g/mol. The van der Waals surface area contributed by atoms with Crippen LogP contribution in [0.3, 0.4) is 0 Å². The van der Waals surface area contributed by atoms with Crippen molar-refractivity contribution in [3.63, 3.8) is 0 Å². The minimum absolute atomic E-state index is 0.0507. The Labute approximate surface area is 127 Å². The van der Waals surface area contributed by atoms with Gasteiger partial charge in [-0.15, -0.1) is 10.2 Å². The van der Waals surface area contributed by atoms with Gasteiger partial charge >= 0.3 is 0 Å². The van der Waals surface area contributed by atoms with Crippen LogP contribution in [0, 0.1) is 6.92 Å². The van der Waals surface area contributed by atoms with E-state index in [0.29, 0.717) is 23.7 Å². The van der Waals surface area contributed by atoms with Crippen molar-refractivity contribution in [1.29, 1.82) is 0 Å². The Morgan fingerprint density at radius 1 is 1.38 bits per heavy atom. The van der Waals surface area contributed by atoms with Crippen molar-refractivity contribution < 1.29 is 4.74 Å². The van der Waals surface area contributed by atoms with Gasteiger partial charge in [-0.2, -0.15) is 0 Å². The summed E-state index contributed by atoms with van der Waals surface area (Å²) < 4.78 is 6.76. The zero-order chi connectivity index (χ0) is 15.2. The van der Waals surface area contributed by atoms with Crippen LogP contribution < -0.4 is 10.9 Å². The highest BCUT2D eigenvalue weighted by Gasteiger charge is 2.13. The summed E-state index contributed by atoms with van der Waals surface area (Å²) in [4.78, 5) is 12.5. The molecule has 7 heteroatoms. The van der Waals surface area contributed by atoms with Crippen LogP contribution >= 0.6 is 11.3 Å². The van der Waals surface area contributed by atoms with E-state index >= 15 is 0 Å². The van der Waals surface area contributed by atoms with Crippen molar-refractivity contribution in [3.05, 3.63) is 28.2 Å². The standard InChI is InChI=1S/C14H20N4O2S/c1-4-7-15-14-17-16-12(21-14)11-6-5-10(2)18(13(11)19)8-9-20-3/h5-6H,4,7-9H2,1-3H3,(H,15,17). The van der Waals surface area contributed by atoms with Gasteiger partial charge in [0.2, 0.25) is 5.13 Å². The highest BCUT2D eigenvalue weighted by molar-refractivity contribution is 7.18. The third-order valence-corrected chi connectivity index (χ3v) is 4.01. The molecule has 0 bridgehead atoms. The lowest BCUT2D eigenvalue weighted by Gasteiger charge is -2.10. The molecular weight excluding hydrogens is 288 g/mol. The van der Waals surface area contributed by atoms with Gasteiger partial charge in [-0.25, -0.2) is 0 Å². The maximum absolute atomic E-state index is 12.5. The van der Waals surface area contributed by atoms with Crippen LogP contribution in [0.4, 0.5) is 5.13 Å². The zero-order valence-electron chi connectivity index (χ0n) is 12.5. The zero-order valence-corrected chi connectivity index (χ0v) is 13.4. The van der Waals surface area contributed by atoms with Gasteiger partial charge in [0.1, 0.15) is 0 Å². The lowest BCUT2D eigenvalue weighted by Crippen LogP contribution is -2.25. The molecule has 2 heterocycles. The lowest BCUT2D eigenvalue weighted by molar-refractivity contribution is 0.185. The van der Waals surface area contributed by atoms with E-state index in [1.54, 1.807) is 11.7 Å². The molecule has 0 amide bonds. The van der Waals surface area contributed by atoms with Gasteiger partial charge in [-0.3, -0.25) is 4.79 Å². The van der Waals surface area contributed by atoms with Crippen molar-refractivity contribution in [2.75, 3.05) is 25.6 Å². The number of hydrogen-bond donors (Lipinski definition) is 1. The lowest BCUT2D eigenvalue weighted by atomic mass is 10.2. The van der Waals surface area contributed by atoms with Crippen molar-refractivity contribution in [2.45, 2.75) is 26.8 Å². The van der Waals surface area contributed by atoms with E-state index in [2.05, 4.69) is 22.4 Å². The second-order valence-electron chi connectivity index (χ2n) is 4.68. The molecule has 0 aliphatic carbocycles. The Bertz CT molecular complexity index is 651. The monoisotopic (exact) mass is 308 g/mol. The fourth-order valence-electron chi connectivity index (χ4n) is 1.93. The predicted molar refractivity (Wildman–Crippen MR) is 85.0 cm³/mol. The molecule has 114 valence electrons. The molecule has 0 unspecified atom stereocenters. The number of pyridine rings is 1. The Morgan fingerprint density at radius 3 is 2.90 bits per heavy atom. The summed E-state index contributed by atoms with van der Waals surface area (Å²) in [6.07, 6.45) is 1.02. The highest BCUT2D eigenvalue weighted by atomic mass is 32.1. The van der Waals surface area contributed by atoms with Crippen LogP contribution in [-0.2, 0) is 11.3 Å². The second kappa shape index (κ2) is 7.33. The molecule has 2 aromatic rings. The third kappa shape index (κ3) is 3.68. The molecule has 0 aliphatic heterocycles. The van der Waals surface area contributed by atoms with Gasteiger partial charge in [-0.05, 0) is 25.5 Å². The first kappa shape index (κ1) is 15.7. The molecule has 0 aliphatic rings. The maximum atomic E-state index is 12.5. The van der Waals surface area contributed by atoms with Crippen LogP contribution in [0.15, 0.2) is 16.9 Å². The van der Waals surface area contributed by atoms with Gasteiger partial charge in [0, 0.05) is 25.9 Å². The van der Waals surface area contributed by atoms with Crippen molar-refractivity contribution in [3.8, 4) is 10.6 Å². The normalized spacial score (nSPS) is 10.8. The number of nitrogens with zero attached hydrogens (tertiary/aromatic N) is 3. The minimum atomic E-state index is -0.0507. The van der Waals surface area contributed by atoms with Crippen molar-refractivity contribution in [1.82, 2.24) is 14.8 Å². The summed E-state index contributed by atoms with van der Waals surface area (Å²) in [6, 6.07) is 3.73. The first-order valence-corrected chi connectivity index (χ1v) is 7.76. The summed E-state index contributed by atoms with van der Waals surface area (Å²) in [7, 11) is 1.63. The number of anilines is 1. The number of aryl methyl sites for hydroxylation is 1. The fraction of sp³-hybridized carbons (Fsp3) is 0.500. The Balaban J connectivity index is 2.31. The molecule has 6 nitrogen and oxygen atoms in total. The summed E-state index contributed by atoms with van der Waals surface area (Å²) in [5.74, 6) is 0. The first-order valence-electron chi connectivity index (χ1n) is 6.94. The van der Waals surface area contributed by atoms with Crippen LogP contribution in [0.2, 0.25) is 0 Å². The number of nitrogens with one attached hydrogen (secondary N) is 1. The summed E-state index contributed by atoms with van der Waals surface area (Å²) in [5.41, 5.74) is 1.44. The predicted octanol–water partition coefficient (Wildman–Crippen LogP) is 2.14. The number of methoxy groups -OCH3 is 1. The molecule has 0 radical (unpaired) electrons. The molecule has 21 heavy (non-hydrogen) atoms. The van der Waals surface area contributed by atoms with Crippen molar-refractivity contribution >= 4 is 16.5 Å². The van der Waals surface area contributed by atoms with E-state index in [-0.39, 0.29) is 5.56 Å². The van der Waals surface area contributed by atoms with E-state index in [1.807, 2.05) is 19.1 Å². The molecule has 2 rings (SSSR count). The molecule has 0 fully saturated rings. The van der Waals surface area contributed by atoms with Gasteiger partial charge in [0.15, 0.2) is 5.01 Å². The Hall–Kier alpha value is -1.73. The molecule has 0 spiro atoms. The number of aromatic nitrogens is 3. The molecule has 0 saturated carbocycles. The molecule has 1 N–H and O–H groups in total. The smallest absolute Gasteiger partial charge is 0.261 e. The van der Waals surface area contributed by atoms with E-state index in [4.69, 9.17) is 4.74 Å². The summed E-state index contributed by atoms with van der Waals surface area (Å²) in [6.45, 7) is 5.89. The van der Waals surface area contributed by atoms with Gasteiger partial charge in [-0.1, -0.05) is 18.3 Å². The SMILES string of the molecule is CCCNc1nnc(-c2ccc(C)n(CCOC)c2=O)s1.